The molecule has 0 saturated heterocycles. The molecular weight excluding hydrogens is 428 g/mol. The van der Waals surface area contributed by atoms with E-state index in [2.05, 4.69) is 47.5 Å². The number of rotatable bonds is 9. The molecule has 6 nitrogen and oxygen atoms in total. The third kappa shape index (κ3) is 7.59. The Balaban J connectivity index is 1.65. The third-order valence-electron chi connectivity index (χ3n) is 6.83. The molecule has 0 radical (unpaired) electrons. The fraction of sp³-hybridized carbons (Fsp3) is 0.643. The van der Waals surface area contributed by atoms with E-state index in [1.54, 1.807) is 0 Å². The van der Waals surface area contributed by atoms with E-state index in [1.807, 2.05) is 26.8 Å². The highest BCUT2D eigenvalue weighted by Crippen LogP contribution is 2.46. The fourth-order valence-corrected chi connectivity index (χ4v) is 5.03. The Bertz CT molecular complexity index is 838. The number of ether oxygens (including phenoxy) is 2. The second-order valence-corrected chi connectivity index (χ2v) is 10.6. The van der Waals surface area contributed by atoms with Crippen LogP contribution in [0.4, 0.5) is 4.79 Å². The number of nitrogens with zero attached hydrogens (tertiary/aromatic N) is 1. The van der Waals surface area contributed by atoms with E-state index in [4.69, 9.17) is 9.47 Å². The summed E-state index contributed by atoms with van der Waals surface area (Å²) < 4.78 is 10.6. The number of methoxy groups -OCH3 is 1. The zero-order valence-corrected chi connectivity index (χ0v) is 21.5. The molecule has 2 atom stereocenters. The molecule has 3 rings (SSSR count). The first-order chi connectivity index (χ1) is 16.2. The molecule has 0 spiro atoms. The van der Waals surface area contributed by atoms with Crippen LogP contribution in [0.2, 0.25) is 0 Å². The van der Waals surface area contributed by atoms with Crippen LogP contribution in [0.25, 0.3) is 6.08 Å². The zero-order chi connectivity index (χ0) is 24.7. The Kier molecular flexibility index (Phi) is 9.17. The molecule has 1 N–H and O–H groups in total. The smallest absolute Gasteiger partial charge is 0.410 e. The molecule has 0 heterocycles. The van der Waals surface area contributed by atoms with Crippen LogP contribution in [0.15, 0.2) is 35.9 Å². The first-order valence-electron chi connectivity index (χ1n) is 12.8. The van der Waals surface area contributed by atoms with E-state index in [0.717, 1.165) is 38.5 Å². The predicted molar refractivity (Wildman–Crippen MR) is 135 cm³/mol. The lowest BCUT2D eigenvalue weighted by atomic mass is 9.90. The largest absolute Gasteiger partial charge is 0.469 e. The van der Waals surface area contributed by atoms with Gasteiger partial charge in [-0.15, -0.1) is 0 Å². The van der Waals surface area contributed by atoms with Gasteiger partial charge in [-0.25, -0.2) is 4.79 Å². The zero-order valence-electron chi connectivity index (χ0n) is 21.5. The monoisotopic (exact) mass is 470 g/mol. The van der Waals surface area contributed by atoms with Crippen molar-refractivity contribution in [2.45, 2.75) is 96.4 Å². The summed E-state index contributed by atoms with van der Waals surface area (Å²) in [5, 5.41) is 3.48. The Morgan fingerprint density at radius 1 is 1.12 bits per heavy atom. The number of amides is 1. The van der Waals surface area contributed by atoms with Gasteiger partial charge >= 0.3 is 12.1 Å². The average molecular weight is 471 g/mol. The first kappa shape index (κ1) is 26.3. The van der Waals surface area contributed by atoms with Crippen molar-refractivity contribution in [2.24, 2.45) is 5.92 Å². The van der Waals surface area contributed by atoms with Crippen LogP contribution >= 0.6 is 0 Å². The highest BCUT2D eigenvalue weighted by atomic mass is 16.6. The van der Waals surface area contributed by atoms with Gasteiger partial charge in [0.05, 0.1) is 13.5 Å². The van der Waals surface area contributed by atoms with Gasteiger partial charge in [0, 0.05) is 30.6 Å². The van der Waals surface area contributed by atoms with Gasteiger partial charge in [0.15, 0.2) is 0 Å². The van der Waals surface area contributed by atoms with E-state index in [1.165, 1.54) is 18.2 Å². The van der Waals surface area contributed by atoms with Gasteiger partial charge in [0.2, 0.25) is 0 Å². The second kappa shape index (κ2) is 11.9. The molecule has 2 aliphatic carbocycles. The lowest BCUT2D eigenvalue weighted by Crippen LogP contribution is -2.48. The molecule has 1 aromatic rings. The first-order valence-corrected chi connectivity index (χ1v) is 12.8. The summed E-state index contributed by atoms with van der Waals surface area (Å²) in [6.07, 6.45) is 8.35. The predicted octanol–water partition coefficient (Wildman–Crippen LogP) is 5.57. The maximum absolute atomic E-state index is 13.3. The number of hydrogen-bond acceptors (Lipinski definition) is 5. The summed E-state index contributed by atoms with van der Waals surface area (Å²) in [5.74, 6) is 0.209. The lowest BCUT2D eigenvalue weighted by Gasteiger charge is -2.38. The minimum atomic E-state index is -0.514. The van der Waals surface area contributed by atoms with Crippen molar-refractivity contribution in [1.82, 2.24) is 10.2 Å². The van der Waals surface area contributed by atoms with Gasteiger partial charge in [0.25, 0.3) is 0 Å². The number of esters is 1. The standard InChI is InChI=1S/C28H42N2O4/c1-6-21(18-20-10-8-7-9-11-20)24-19-25(24)30(27(32)34-28(2,3)4)23-14-12-22(13-15-23)29-17-16-26(31)33-5/h7-11,18,22-25,29H,6,12-17,19H2,1-5H3/t22?,23?,24?,25-/m0/s1. The summed E-state index contributed by atoms with van der Waals surface area (Å²) in [6.45, 7) is 8.63. The molecule has 6 heteroatoms. The molecule has 0 aliphatic heterocycles. The van der Waals surface area contributed by atoms with Crippen LogP contribution in [-0.4, -0.2) is 54.3 Å². The highest BCUT2D eigenvalue weighted by Gasteiger charge is 2.49. The van der Waals surface area contributed by atoms with Crippen molar-refractivity contribution in [1.29, 1.82) is 0 Å². The van der Waals surface area contributed by atoms with Crippen molar-refractivity contribution in [3.05, 3.63) is 41.5 Å². The molecule has 34 heavy (non-hydrogen) atoms. The average Bonchev–Trinajstić information content (AvgIpc) is 3.58. The molecule has 1 aromatic carbocycles. The number of benzene rings is 1. The summed E-state index contributed by atoms with van der Waals surface area (Å²) in [7, 11) is 1.42. The van der Waals surface area contributed by atoms with Gasteiger partial charge < -0.3 is 19.7 Å². The molecule has 2 saturated carbocycles. The third-order valence-corrected chi connectivity index (χ3v) is 6.83. The molecular formula is C28H42N2O4. The fourth-order valence-electron chi connectivity index (χ4n) is 5.03. The van der Waals surface area contributed by atoms with Crippen molar-refractivity contribution in [2.75, 3.05) is 13.7 Å². The van der Waals surface area contributed by atoms with Crippen LogP contribution in [0, 0.1) is 5.92 Å². The quantitative estimate of drug-likeness (QED) is 0.478. The minimum Gasteiger partial charge on any atom is -0.469 e. The Labute approximate surface area is 205 Å². The summed E-state index contributed by atoms with van der Waals surface area (Å²) in [5.41, 5.74) is 2.11. The van der Waals surface area contributed by atoms with Crippen LogP contribution in [-0.2, 0) is 14.3 Å². The van der Waals surface area contributed by atoms with E-state index in [0.29, 0.717) is 24.9 Å². The molecule has 188 valence electrons. The molecule has 2 aliphatic rings. The number of carbonyl (C=O) groups is 2. The number of carbonyl (C=O) groups excluding carboxylic acids is 2. The molecule has 2 fully saturated rings. The lowest BCUT2D eigenvalue weighted by molar-refractivity contribution is -0.140. The second-order valence-electron chi connectivity index (χ2n) is 10.6. The van der Waals surface area contributed by atoms with Crippen LogP contribution in [0.3, 0.4) is 0 Å². The normalized spacial score (nSPS) is 24.9. The van der Waals surface area contributed by atoms with Crippen molar-refractivity contribution in [3.63, 3.8) is 0 Å². The summed E-state index contributed by atoms with van der Waals surface area (Å²) in [6, 6.07) is 11.2. The minimum absolute atomic E-state index is 0.183. The van der Waals surface area contributed by atoms with Gasteiger partial charge in [0.1, 0.15) is 5.60 Å². The SMILES string of the molecule is CCC(=Cc1ccccc1)C1C[C@@H]1N(C(=O)OC(C)(C)C)C1CCC(NCCC(=O)OC)CC1. The van der Waals surface area contributed by atoms with Gasteiger partial charge in [-0.05, 0) is 64.9 Å². The van der Waals surface area contributed by atoms with Crippen LogP contribution in [0.1, 0.15) is 78.2 Å². The van der Waals surface area contributed by atoms with Crippen LogP contribution in [0.5, 0.6) is 0 Å². The molecule has 0 bridgehead atoms. The Morgan fingerprint density at radius 2 is 1.79 bits per heavy atom. The molecule has 1 amide bonds. The van der Waals surface area contributed by atoms with E-state index in [-0.39, 0.29) is 24.1 Å². The van der Waals surface area contributed by atoms with Crippen molar-refractivity contribution >= 4 is 18.1 Å². The highest BCUT2D eigenvalue weighted by molar-refractivity contribution is 5.70. The maximum atomic E-state index is 13.3. The van der Waals surface area contributed by atoms with E-state index >= 15 is 0 Å². The van der Waals surface area contributed by atoms with E-state index < -0.39 is 5.60 Å². The van der Waals surface area contributed by atoms with Crippen molar-refractivity contribution in [3.8, 4) is 0 Å². The Morgan fingerprint density at radius 3 is 2.38 bits per heavy atom. The molecule has 0 aromatic heterocycles. The number of hydrogen-bond donors (Lipinski definition) is 1. The van der Waals surface area contributed by atoms with Gasteiger partial charge in [-0.1, -0.05) is 48.9 Å². The topological polar surface area (TPSA) is 67.9 Å². The van der Waals surface area contributed by atoms with Crippen molar-refractivity contribution < 1.29 is 19.1 Å². The maximum Gasteiger partial charge on any atom is 0.410 e. The Hall–Kier alpha value is -2.34. The summed E-state index contributed by atoms with van der Waals surface area (Å²) >= 11 is 0. The summed E-state index contributed by atoms with van der Waals surface area (Å²) in [4.78, 5) is 26.8. The van der Waals surface area contributed by atoms with Gasteiger partial charge in [-0.3, -0.25) is 4.79 Å². The van der Waals surface area contributed by atoms with E-state index in [9.17, 15) is 9.59 Å². The number of nitrogens with one attached hydrogen (secondary N) is 1. The van der Waals surface area contributed by atoms with Gasteiger partial charge in [-0.2, -0.15) is 0 Å². The van der Waals surface area contributed by atoms with Crippen LogP contribution < -0.4 is 5.32 Å². The molecule has 1 unspecified atom stereocenters.